The normalized spacial score (nSPS) is 20.5. The van der Waals surface area contributed by atoms with E-state index in [0.29, 0.717) is 5.92 Å². The topological polar surface area (TPSA) is 6.48 Å². The molecule has 2 nitrogen and oxygen atoms in total. The molecule has 14 rings (SSSR count). The van der Waals surface area contributed by atoms with E-state index in [1.807, 2.05) is 0 Å². The van der Waals surface area contributed by atoms with Crippen LogP contribution in [-0.4, -0.2) is 0 Å². The summed E-state index contributed by atoms with van der Waals surface area (Å²) in [7, 11) is 0. The second-order valence-corrected chi connectivity index (χ2v) is 20.4. The third kappa shape index (κ3) is 5.50. The summed E-state index contributed by atoms with van der Waals surface area (Å²) >= 11 is 0. The lowest BCUT2D eigenvalue weighted by Crippen LogP contribution is -2.26. The van der Waals surface area contributed by atoms with Crippen LogP contribution in [0.3, 0.4) is 0 Å². The maximum Gasteiger partial charge on any atom is 0.0727 e. The summed E-state index contributed by atoms with van der Waals surface area (Å²) in [6.45, 7) is 4.82. The molecule has 322 valence electrons. The lowest BCUT2D eigenvalue weighted by atomic mass is 9.70. The van der Waals surface area contributed by atoms with Gasteiger partial charge in [-0.2, -0.15) is 0 Å². The molecule has 2 saturated carbocycles. The number of para-hydroxylation sites is 3. The quantitative estimate of drug-likeness (QED) is 0.158. The van der Waals surface area contributed by atoms with E-state index in [1.165, 1.54) is 115 Å². The number of fused-ring (bicyclic) bond motifs is 15. The van der Waals surface area contributed by atoms with Crippen molar-refractivity contribution < 1.29 is 0 Å². The molecule has 0 radical (unpaired) electrons. The largest absolute Gasteiger partial charge is 0.310 e. The molecular formula is C65H52N2. The van der Waals surface area contributed by atoms with Crippen LogP contribution in [0.2, 0.25) is 0 Å². The average Bonchev–Trinajstić information content (AvgIpc) is 4.19. The highest BCUT2D eigenvalue weighted by molar-refractivity contribution is 5.98. The third-order valence-electron chi connectivity index (χ3n) is 16.7. The zero-order valence-electron chi connectivity index (χ0n) is 38.2. The molecule has 67 heavy (non-hydrogen) atoms. The van der Waals surface area contributed by atoms with Gasteiger partial charge in [-0.15, -0.1) is 0 Å². The van der Waals surface area contributed by atoms with Gasteiger partial charge >= 0.3 is 0 Å². The van der Waals surface area contributed by atoms with E-state index in [2.05, 4.69) is 236 Å². The minimum Gasteiger partial charge on any atom is -0.310 e. The van der Waals surface area contributed by atoms with Crippen molar-refractivity contribution in [1.29, 1.82) is 0 Å². The number of rotatable bonds is 7. The summed E-state index contributed by atoms with van der Waals surface area (Å²) in [6.07, 6.45) is 5.40. The molecule has 0 heterocycles. The van der Waals surface area contributed by atoms with E-state index < -0.39 is 5.41 Å². The fraction of sp³-hybridized carbons (Fsp3) is 0.169. The van der Waals surface area contributed by atoms with Gasteiger partial charge in [-0.3, -0.25) is 0 Å². The molecule has 2 fully saturated rings. The first-order valence-corrected chi connectivity index (χ1v) is 24.5. The first-order valence-electron chi connectivity index (χ1n) is 24.5. The Labute approximate surface area is 394 Å². The number of hydrogen-bond acceptors (Lipinski definition) is 2. The molecule has 0 amide bonds. The average molecular weight is 861 g/mol. The van der Waals surface area contributed by atoms with Crippen molar-refractivity contribution >= 4 is 34.1 Å². The van der Waals surface area contributed by atoms with Crippen LogP contribution in [0.4, 0.5) is 34.1 Å². The highest BCUT2D eigenvalue weighted by Gasteiger charge is 2.52. The Bertz CT molecular complexity index is 3390. The summed E-state index contributed by atoms with van der Waals surface area (Å²) in [4.78, 5) is 5.06. The monoisotopic (exact) mass is 860 g/mol. The van der Waals surface area contributed by atoms with Gasteiger partial charge < -0.3 is 9.80 Å². The minimum atomic E-state index is -0.541. The summed E-state index contributed by atoms with van der Waals surface area (Å²) in [6, 6.07) is 80.6. The van der Waals surface area contributed by atoms with Gasteiger partial charge in [0.1, 0.15) is 0 Å². The molecule has 5 aliphatic rings. The Kier molecular flexibility index (Phi) is 8.42. The second-order valence-electron chi connectivity index (χ2n) is 20.4. The highest BCUT2D eigenvalue weighted by Crippen LogP contribution is 2.65. The van der Waals surface area contributed by atoms with Crippen LogP contribution in [0.15, 0.2) is 212 Å². The van der Waals surface area contributed by atoms with E-state index in [9.17, 15) is 0 Å². The van der Waals surface area contributed by atoms with Crippen LogP contribution >= 0.6 is 0 Å². The van der Waals surface area contributed by atoms with Gasteiger partial charge in [0.05, 0.1) is 5.41 Å². The lowest BCUT2D eigenvalue weighted by Gasteiger charge is -2.35. The van der Waals surface area contributed by atoms with Crippen LogP contribution in [-0.2, 0) is 10.8 Å². The zero-order valence-corrected chi connectivity index (χ0v) is 38.2. The Morgan fingerprint density at radius 3 is 1.36 bits per heavy atom. The van der Waals surface area contributed by atoms with Gasteiger partial charge in [0.2, 0.25) is 0 Å². The van der Waals surface area contributed by atoms with E-state index in [-0.39, 0.29) is 5.41 Å². The predicted molar refractivity (Wildman–Crippen MR) is 278 cm³/mol. The molecule has 4 unspecified atom stereocenters. The Morgan fingerprint density at radius 1 is 0.358 bits per heavy atom. The highest BCUT2D eigenvalue weighted by atomic mass is 15.2. The number of nitrogens with zero attached hydrogens (tertiary/aromatic N) is 2. The van der Waals surface area contributed by atoms with Crippen LogP contribution in [0, 0.1) is 11.8 Å². The number of anilines is 6. The van der Waals surface area contributed by atoms with Gasteiger partial charge in [0.15, 0.2) is 0 Å². The van der Waals surface area contributed by atoms with E-state index in [4.69, 9.17) is 0 Å². The van der Waals surface area contributed by atoms with Crippen LogP contribution in [0.1, 0.15) is 84.4 Å². The van der Waals surface area contributed by atoms with Gasteiger partial charge in [0.25, 0.3) is 0 Å². The van der Waals surface area contributed by atoms with Crippen molar-refractivity contribution in [3.63, 3.8) is 0 Å². The molecule has 5 aliphatic carbocycles. The Morgan fingerprint density at radius 2 is 0.806 bits per heavy atom. The van der Waals surface area contributed by atoms with Crippen molar-refractivity contribution in [1.82, 2.24) is 0 Å². The molecule has 0 N–H and O–H groups in total. The summed E-state index contributed by atoms with van der Waals surface area (Å²) in [5, 5.41) is 0. The van der Waals surface area contributed by atoms with Crippen molar-refractivity contribution in [2.75, 3.05) is 9.80 Å². The summed E-state index contributed by atoms with van der Waals surface area (Å²) < 4.78 is 0. The van der Waals surface area contributed by atoms with Crippen LogP contribution < -0.4 is 9.80 Å². The molecule has 0 aromatic heterocycles. The molecule has 2 bridgehead atoms. The zero-order chi connectivity index (χ0) is 44.4. The molecule has 9 aromatic carbocycles. The van der Waals surface area contributed by atoms with Gasteiger partial charge in [-0.05, 0) is 176 Å². The van der Waals surface area contributed by atoms with Gasteiger partial charge in [-0.1, -0.05) is 166 Å². The molecule has 4 atom stereocenters. The number of hydrogen-bond donors (Lipinski definition) is 0. The van der Waals surface area contributed by atoms with Crippen LogP contribution in [0.25, 0.3) is 33.4 Å². The SMILES string of the molecule is CC1(C)c2ccccc2-c2ccc(N(c3ccc4c(c3)C3(c5ccccc5-c5ccc(N(c6ccccc6)c6ccccc6)cc53)c3ccccc3-4)c3ccccc3C3CC4CCC3C4)cc21. The van der Waals surface area contributed by atoms with Crippen molar-refractivity contribution in [3.05, 3.63) is 251 Å². The lowest BCUT2D eigenvalue weighted by molar-refractivity contribution is 0.420. The minimum absolute atomic E-state index is 0.121. The molecule has 0 saturated heterocycles. The Hall–Kier alpha value is -7.42. The van der Waals surface area contributed by atoms with E-state index in [0.717, 1.165) is 28.9 Å². The fourth-order valence-corrected chi connectivity index (χ4v) is 13.9. The maximum atomic E-state index is 2.64. The Balaban J connectivity index is 1.02. The summed E-state index contributed by atoms with van der Waals surface area (Å²) in [5.74, 6) is 2.18. The van der Waals surface area contributed by atoms with E-state index in [1.54, 1.807) is 0 Å². The van der Waals surface area contributed by atoms with Crippen molar-refractivity contribution in [2.45, 2.75) is 56.3 Å². The van der Waals surface area contributed by atoms with E-state index >= 15 is 0 Å². The molecule has 1 spiro atoms. The summed E-state index contributed by atoms with van der Waals surface area (Å²) in [5.41, 5.74) is 24.1. The first kappa shape index (κ1) is 38.8. The molecule has 2 heteroatoms. The number of benzene rings is 9. The van der Waals surface area contributed by atoms with Gasteiger partial charge in [-0.25, -0.2) is 0 Å². The standard InChI is InChI=1S/C65H52N2/c1-64(2)57-25-13-9-21-49(57)52-34-32-47(39-60(52)64)67(63-28-16-12-24-55(63)56-38-42-29-30-43(56)37-42)48-33-36-54-51-23-11-15-27-59(51)65(62(54)41-48)58-26-14-10-22-50(58)53-35-31-46(40-61(53)65)66(44-17-5-3-6-18-44)45-19-7-4-8-20-45/h3-28,31-36,39-43,56H,29-30,37-38H2,1-2H3. The second kappa shape index (κ2) is 14.5. The maximum absolute atomic E-state index is 2.64. The molecule has 0 aliphatic heterocycles. The smallest absolute Gasteiger partial charge is 0.0727 e. The first-order chi connectivity index (χ1) is 33.0. The predicted octanol–water partition coefficient (Wildman–Crippen LogP) is 17.2. The van der Waals surface area contributed by atoms with Crippen molar-refractivity contribution in [2.24, 2.45) is 11.8 Å². The molecule has 9 aromatic rings. The van der Waals surface area contributed by atoms with Gasteiger partial charge in [0, 0.05) is 39.5 Å². The van der Waals surface area contributed by atoms with Crippen LogP contribution in [0.5, 0.6) is 0 Å². The third-order valence-corrected chi connectivity index (χ3v) is 16.7. The fourth-order valence-electron chi connectivity index (χ4n) is 13.9. The van der Waals surface area contributed by atoms with Crippen molar-refractivity contribution in [3.8, 4) is 33.4 Å². The molecular weight excluding hydrogens is 809 g/mol.